The lowest BCUT2D eigenvalue weighted by atomic mass is 10.0. The number of carbonyl (C=O) groups is 1. The standard InChI is InChI=1S/C20H20N2O2/c1-22-10-9-19-17(12-22)16-11-15(7-8-18(16)21-19)20(23)24-13-14-5-3-2-4-6-14/h2-8,11,21H,9-10,12-13H2,1H3. The van der Waals surface area contributed by atoms with Crippen molar-refractivity contribution in [3.8, 4) is 0 Å². The summed E-state index contributed by atoms with van der Waals surface area (Å²) in [6, 6.07) is 15.5. The number of esters is 1. The molecule has 0 spiro atoms. The molecular formula is C20H20N2O2. The summed E-state index contributed by atoms with van der Waals surface area (Å²) in [6.45, 7) is 2.27. The molecule has 0 radical (unpaired) electrons. The number of rotatable bonds is 3. The Labute approximate surface area is 141 Å². The molecule has 0 aliphatic carbocycles. The summed E-state index contributed by atoms with van der Waals surface area (Å²) in [6.07, 6.45) is 1.02. The molecule has 4 rings (SSSR count). The Morgan fingerprint density at radius 3 is 2.88 bits per heavy atom. The summed E-state index contributed by atoms with van der Waals surface area (Å²) in [4.78, 5) is 18.2. The maximum Gasteiger partial charge on any atom is 0.338 e. The van der Waals surface area contributed by atoms with E-state index >= 15 is 0 Å². The molecule has 2 aromatic carbocycles. The first kappa shape index (κ1) is 15.0. The zero-order chi connectivity index (χ0) is 16.5. The highest BCUT2D eigenvalue weighted by molar-refractivity contribution is 5.96. The second kappa shape index (κ2) is 6.13. The van der Waals surface area contributed by atoms with Crippen molar-refractivity contribution in [1.82, 2.24) is 9.88 Å². The molecule has 4 heteroatoms. The molecule has 0 atom stereocenters. The molecule has 1 aromatic heterocycles. The van der Waals surface area contributed by atoms with Gasteiger partial charge in [0.2, 0.25) is 0 Å². The number of benzene rings is 2. The maximum absolute atomic E-state index is 12.4. The minimum absolute atomic E-state index is 0.278. The van der Waals surface area contributed by atoms with Crippen molar-refractivity contribution in [2.75, 3.05) is 13.6 Å². The fourth-order valence-corrected chi connectivity index (χ4v) is 3.28. The van der Waals surface area contributed by atoms with Gasteiger partial charge in [-0.15, -0.1) is 0 Å². The zero-order valence-corrected chi connectivity index (χ0v) is 13.7. The van der Waals surface area contributed by atoms with E-state index in [1.807, 2.05) is 48.5 Å². The van der Waals surface area contributed by atoms with Crippen LogP contribution in [0, 0.1) is 0 Å². The van der Waals surface area contributed by atoms with Crippen LogP contribution >= 0.6 is 0 Å². The minimum Gasteiger partial charge on any atom is -0.457 e. The molecular weight excluding hydrogens is 300 g/mol. The molecule has 122 valence electrons. The fraction of sp³-hybridized carbons (Fsp3) is 0.250. The number of ether oxygens (including phenoxy) is 1. The van der Waals surface area contributed by atoms with Gasteiger partial charge in [0, 0.05) is 36.1 Å². The predicted molar refractivity (Wildman–Crippen MR) is 93.9 cm³/mol. The summed E-state index contributed by atoms with van der Waals surface area (Å²) in [5.41, 5.74) is 5.28. The van der Waals surface area contributed by atoms with E-state index in [2.05, 4.69) is 16.9 Å². The Hall–Kier alpha value is -2.59. The molecule has 0 unspecified atom stereocenters. The van der Waals surface area contributed by atoms with Crippen LogP contribution in [0.5, 0.6) is 0 Å². The van der Waals surface area contributed by atoms with Crippen LogP contribution in [0.4, 0.5) is 0 Å². The summed E-state index contributed by atoms with van der Waals surface area (Å²) in [7, 11) is 2.12. The van der Waals surface area contributed by atoms with Gasteiger partial charge in [0.25, 0.3) is 0 Å². The second-order valence-electron chi connectivity index (χ2n) is 6.39. The van der Waals surface area contributed by atoms with Gasteiger partial charge in [-0.3, -0.25) is 0 Å². The van der Waals surface area contributed by atoms with Crippen molar-refractivity contribution >= 4 is 16.9 Å². The molecule has 1 aliphatic heterocycles. The van der Waals surface area contributed by atoms with E-state index in [0.717, 1.165) is 36.0 Å². The lowest BCUT2D eigenvalue weighted by Crippen LogP contribution is -2.26. The summed E-state index contributed by atoms with van der Waals surface area (Å²) >= 11 is 0. The van der Waals surface area contributed by atoms with Crippen LogP contribution < -0.4 is 0 Å². The molecule has 0 bridgehead atoms. The molecule has 24 heavy (non-hydrogen) atoms. The van der Waals surface area contributed by atoms with Crippen LogP contribution in [0.25, 0.3) is 10.9 Å². The van der Waals surface area contributed by atoms with E-state index in [1.54, 1.807) is 0 Å². The largest absolute Gasteiger partial charge is 0.457 e. The summed E-state index contributed by atoms with van der Waals surface area (Å²) < 4.78 is 5.45. The van der Waals surface area contributed by atoms with Crippen molar-refractivity contribution in [3.63, 3.8) is 0 Å². The number of aromatic amines is 1. The normalized spacial score (nSPS) is 14.5. The molecule has 0 amide bonds. The maximum atomic E-state index is 12.4. The number of hydrogen-bond donors (Lipinski definition) is 1. The van der Waals surface area contributed by atoms with Gasteiger partial charge in [0.15, 0.2) is 0 Å². The van der Waals surface area contributed by atoms with Crippen LogP contribution in [0.2, 0.25) is 0 Å². The molecule has 0 fully saturated rings. The summed E-state index contributed by atoms with van der Waals surface area (Å²) in [5, 5.41) is 1.13. The molecule has 0 saturated heterocycles. The third-order valence-electron chi connectivity index (χ3n) is 4.61. The van der Waals surface area contributed by atoms with Crippen molar-refractivity contribution in [3.05, 3.63) is 70.9 Å². The minimum atomic E-state index is -0.278. The van der Waals surface area contributed by atoms with Crippen molar-refractivity contribution in [2.45, 2.75) is 19.6 Å². The Morgan fingerprint density at radius 1 is 1.21 bits per heavy atom. The van der Waals surface area contributed by atoms with E-state index < -0.39 is 0 Å². The van der Waals surface area contributed by atoms with Gasteiger partial charge in [-0.25, -0.2) is 4.79 Å². The SMILES string of the molecule is CN1CCc2[nH]c3ccc(C(=O)OCc4ccccc4)cc3c2C1. The zero-order valence-electron chi connectivity index (χ0n) is 13.7. The summed E-state index contributed by atoms with van der Waals surface area (Å²) in [5.74, 6) is -0.278. The first-order chi connectivity index (χ1) is 11.7. The average Bonchev–Trinajstić information content (AvgIpc) is 2.97. The molecule has 1 aliphatic rings. The van der Waals surface area contributed by atoms with Crippen LogP contribution in [-0.2, 0) is 24.3 Å². The Bertz CT molecular complexity index is 883. The number of nitrogens with zero attached hydrogens (tertiary/aromatic N) is 1. The average molecular weight is 320 g/mol. The lowest BCUT2D eigenvalue weighted by Gasteiger charge is -2.22. The van der Waals surface area contributed by atoms with Crippen molar-refractivity contribution in [1.29, 1.82) is 0 Å². The van der Waals surface area contributed by atoms with E-state index in [-0.39, 0.29) is 5.97 Å². The Morgan fingerprint density at radius 2 is 2.04 bits per heavy atom. The first-order valence-corrected chi connectivity index (χ1v) is 8.24. The van der Waals surface area contributed by atoms with Gasteiger partial charge in [0.05, 0.1) is 5.56 Å². The first-order valence-electron chi connectivity index (χ1n) is 8.24. The van der Waals surface area contributed by atoms with Gasteiger partial charge in [-0.1, -0.05) is 30.3 Å². The number of hydrogen-bond acceptors (Lipinski definition) is 3. The highest BCUT2D eigenvalue weighted by atomic mass is 16.5. The van der Waals surface area contributed by atoms with Gasteiger partial charge in [0.1, 0.15) is 6.61 Å². The molecule has 4 nitrogen and oxygen atoms in total. The number of carbonyl (C=O) groups excluding carboxylic acids is 1. The predicted octanol–water partition coefficient (Wildman–Crippen LogP) is 3.51. The second-order valence-corrected chi connectivity index (χ2v) is 6.39. The van der Waals surface area contributed by atoms with Crippen LogP contribution in [-0.4, -0.2) is 29.4 Å². The lowest BCUT2D eigenvalue weighted by molar-refractivity contribution is 0.0473. The Kier molecular flexibility index (Phi) is 3.82. The highest BCUT2D eigenvalue weighted by Crippen LogP contribution is 2.28. The van der Waals surface area contributed by atoms with Crippen molar-refractivity contribution in [2.24, 2.45) is 0 Å². The van der Waals surface area contributed by atoms with Gasteiger partial charge in [-0.2, -0.15) is 0 Å². The number of nitrogens with one attached hydrogen (secondary N) is 1. The number of aromatic nitrogens is 1. The fourth-order valence-electron chi connectivity index (χ4n) is 3.28. The molecule has 2 heterocycles. The van der Waals surface area contributed by atoms with Crippen LogP contribution in [0.3, 0.4) is 0 Å². The van der Waals surface area contributed by atoms with E-state index in [1.165, 1.54) is 11.3 Å². The monoisotopic (exact) mass is 320 g/mol. The topological polar surface area (TPSA) is 45.3 Å². The van der Waals surface area contributed by atoms with Gasteiger partial charge < -0.3 is 14.6 Å². The third-order valence-corrected chi connectivity index (χ3v) is 4.61. The number of likely N-dealkylation sites (N-methyl/N-ethyl adjacent to an activating group) is 1. The highest BCUT2D eigenvalue weighted by Gasteiger charge is 2.19. The van der Waals surface area contributed by atoms with Crippen LogP contribution in [0.15, 0.2) is 48.5 Å². The number of fused-ring (bicyclic) bond motifs is 3. The van der Waals surface area contributed by atoms with Gasteiger partial charge >= 0.3 is 5.97 Å². The molecule has 3 aromatic rings. The smallest absolute Gasteiger partial charge is 0.338 e. The van der Waals surface area contributed by atoms with Gasteiger partial charge in [-0.05, 0) is 36.4 Å². The van der Waals surface area contributed by atoms with E-state index in [0.29, 0.717) is 12.2 Å². The quantitative estimate of drug-likeness (QED) is 0.751. The van der Waals surface area contributed by atoms with Crippen molar-refractivity contribution < 1.29 is 9.53 Å². The molecule has 0 saturated carbocycles. The third kappa shape index (κ3) is 2.81. The molecule has 1 N–H and O–H groups in total. The van der Waals surface area contributed by atoms with E-state index in [4.69, 9.17) is 4.74 Å². The van der Waals surface area contributed by atoms with Crippen LogP contribution in [0.1, 0.15) is 27.2 Å². The van der Waals surface area contributed by atoms with E-state index in [9.17, 15) is 4.79 Å². The number of H-pyrrole nitrogens is 1. The Balaban J connectivity index is 1.58.